The molecule has 0 saturated carbocycles. The molecule has 2 heterocycles. The van der Waals surface area contributed by atoms with E-state index in [1.54, 1.807) is 0 Å². The van der Waals surface area contributed by atoms with Crippen molar-refractivity contribution in [3.05, 3.63) is 23.7 Å². The van der Waals surface area contributed by atoms with E-state index in [2.05, 4.69) is 12.2 Å². The van der Waals surface area contributed by atoms with Gasteiger partial charge in [0.2, 0.25) is 5.91 Å². The van der Waals surface area contributed by atoms with E-state index in [9.17, 15) is 4.79 Å². The van der Waals surface area contributed by atoms with Gasteiger partial charge in [-0.3, -0.25) is 4.79 Å². The molecule has 1 aromatic heterocycles. The third kappa shape index (κ3) is 1.78. The summed E-state index contributed by atoms with van der Waals surface area (Å²) in [6.07, 6.45) is 1.43. The zero-order valence-electron chi connectivity index (χ0n) is 9.46. The van der Waals surface area contributed by atoms with E-state index in [4.69, 9.17) is 4.42 Å². The van der Waals surface area contributed by atoms with Gasteiger partial charge in [-0.1, -0.05) is 6.92 Å². The Kier molecular flexibility index (Phi) is 2.33. The van der Waals surface area contributed by atoms with Gasteiger partial charge in [-0.05, 0) is 26.0 Å². The molecule has 1 unspecified atom stereocenters. The van der Waals surface area contributed by atoms with E-state index < -0.39 is 0 Å². The summed E-state index contributed by atoms with van der Waals surface area (Å²) in [7, 11) is 0. The number of carbonyl (C=O) groups excluding carboxylic acids is 1. The maximum absolute atomic E-state index is 11.4. The van der Waals surface area contributed by atoms with Gasteiger partial charge in [-0.25, -0.2) is 0 Å². The molecule has 1 aliphatic heterocycles. The maximum Gasteiger partial charge on any atom is 0.221 e. The largest absolute Gasteiger partial charge is 0.466 e. The topological polar surface area (TPSA) is 42.2 Å². The molecule has 1 saturated heterocycles. The van der Waals surface area contributed by atoms with Crippen molar-refractivity contribution in [2.75, 3.05) is 0 Å². The summed E-state index contributed by atoms with van der Waals surface area (Å²) in [5, 5.41) is 2.97. The normalized spacial score (nSPS) is 24.2. The fourth-order valence-corrected chi connectivity index (χ4v) is 2.17. The van der Waals surface area contributed by atoms with E-state index in [0.717, 1.165) is 17.9 Å². The molecule has 1 amide bonds. The van der Waals surface area contributed by atoms with Crippen molar-refractivity contribution in [1.29, 1.82) is 0 Å². The van der Waals surface area contributed by atoms with Gasteiger partial charge in [0.05, 0.1) is 0 Å². The molecule has 2 rings (SSSR count). The van der Waals surface area contributed by atoms with Crippen LogP contribution in [0.2, 0.25) is 0 Å². The summed E-state index contributed by atoms with van der Waals surface area (Å²) in [6, 6.07) is 3.99. The summed E-state index contributed by atoms with van der Waals surface area (Å²) in [6.45, 7) is 6.14. The second-order valence-corrected chi connectivity index (χ2v) is 4.68. The first-order valence-electron chi connectivity index (χ1n) is 5.42. The molecule has 1 aromatic rings. The molecule has 0 spiro atoms. The first-order chi connectivity index (χ1) is 7.03. The summed E-state index contributed by atoms with van der Waals surface area (Å²) < 4.78 is 5.71. The number of nitrogens with one attached hydrogen (secondary N) is 1. The van der Waals surface area contributed by atoms with Crippen molar-refractivity contribution in [1.82, 2.24) is 5.32 Å². The van der Waals surface area contributed by atoms with Crippen LogP contribution in [0.3, 0.4) is 0 Å². The molecule has 0 radical (unpaired) electrons. The number of hydrogen-bond donors (Lipinski definition) is 1. The van der Waals surface area contributed by atoms with Crippen LogP contribution >= 0.6 is 0 Å². The number of rotatable bonds is 2. The van der Waals surface area contributed by atoms with E-state index in [1.165, 1.54) is 0 Å². The Morgan fingerprint density at radius 2 is 2.27 bits per heavy atom. The highest BCUT2D eigenvalue weighted by atomic mass is 16.3. The Labute approximate surface area is 89.9 Å². The third-order valence-electron chi connectivity index (χ3n) is 3.10. The number of hydrogen-bond acceptors (Lipinski definition) is 2. The quantitative estimate of drug-likeness (QED) is 0.808. The lowest BCUT2D eigenvalue weighted by atomic mass is 9.87. The SMILES string of the molecule is CCc1ccc(C2CC(=O)NC2(C)C)o1. The molecule has 82 valence electrons. The van der Waals surface area contributed by atoms with Gasteiger partial charge in [-0.15, -0.1) is 0 Å². The first kappa shape index (κ1) is 10.3. The molecule has 0 aliphatic carbocycles. The number of furan rings is 1. The lowest BCUT2D eigenvalue weighted by Gasteiger charge is -2.24. The Morgan fingerprint density at radius 3 is 2.73 bits per heavy atom. The van der Waals surface area contributed by atoms with Gasteiger partial charge >= 0.3 is 0 Å². The molecule has 1 aliphatic rings. The second-order valence-electron chi connectivity index (χ2n) is 4.68. The zero-order chi connectivity index (χ0) is 11.1. The van der Waals surface area contributed by atoms with E-state index in [1.807, 2.05) is 26.0 Å². The van der Waals surface area contributed by atoms with Crippen LogP contribution in [0.4, 0.5) is 0 Å². The first-order valence-corrected chi connectivity index (χ1v) is 5.42. The van der Waals surface area contributed by atoms with Crippen molar-refractivity contribution >= 4 is 5.91 Å². The number of aryl methyl sites for hydroxylation is 1. The van der Waals surface area contributed by atoms with Crippen LogP contribution in [0.5, 0.6) is 0 Å². The van der Waals surface area contributed by atoms with E-state index >= 15 is 0 Å². The van der Waals surface area contributed by atoms with Gasteiger partial charge in [0.25, 0.3) is 0 Å². The highest BCUT2D eigenvalue weighted by Crippen LogP contribution is 2.36. The Morgan fingerprint density at radius 1 is 1.53 bits per heavy atom. The maximum atomic E-state index is 11.4. The van der Waals surface area contributed by atoms with Crippen LogP contribution < -0.4 is 5.32 Å². The smallest absolute Gasteiger partial charge is 0.221 e. The summed E-state index contributed by atoms with van der Waals surface area (Å²) in [5.41, 5.74) is -0.194. The Balaban J connectivity index is 2.27. The van der Waals surface area contributed by atoms with Gasteiger partial charge in [0.15, 0.2) is 0 Å². The summed E-state index contributed by atoms with van der Waals surface area (Å²) in [4.78, 5) is 11.4. The van der Waals surface area contributed by atoms with E-state index in [0.29, 0.717) is 6.42 Å². The lowest BCUT2D eigenvalue weighted by Crippen LogP contribution is -2.38. The van der Waals surface area contributed by atoms with Gasteiger partial charge in [0.1, 0.15) is 11.5 Å². The molecule has 15 heavy (non-hydrogen) atoms. The average molecular weight is 207 g/mol. The lowest BCUT2D eigenvalue weighted by molar-refractivity contribution is -0.119. The van der Waals surface area contributed by atoms with Crippen molar-refractivity contribution in [2.24, 2.45) is 0 Å². The van der Waals surface area contributed by atoms with Gasteiger partial charge in [-0.2, -0.15) is 0 Å². The van der Waals surface area contributed by atoms with Crippen LogP contribution in [0.1, 0.15) is 44.6 Å². The van der Waals surface area contributed by atoms with Crippen LogP contribution in [0.25, 0.3) is 0 Å². The molecule has 0 bridgehead atoms. The minimum absolute atomic E-state index is 0.111. The average Bonchev–Trinajstić information content (AvgIpc) is 2.69. The molecular weight excluding hydrogens is 190 g/mol. The summed E-state index contributed by atoms with van der Waals surface area (Å²) in [5.74, 6) is 2.18. The predicted molar refractivity (Wildman–Crippen MR) is 57.7 cm³/mol. The minimum Gasteiger partial charge on any atom is -0.466 e. The van der Waals surface area contributed by atoms with Crippen molar-refractivity contribution < 1.29 is 9.21 Å². The van der Waals surface area contributed by atoms with Crippen LogP contribution in [0.15, 0.2) is 16.5 Å². The predicted octanol–water partition coefficient (Wildman–Crippen LogP) is 2.22. The van der Waals surface area contributed by atoms with Crippen molar-refractivity contribution in [2.45, 2.75) is 45.1 Å². The van der Waals surface area contributed by atoms with Gasteiger partial charge in [0, 0.05) is 24.3 Å². The third-order valence-corrected chi connectivity index (χ3v) is 3.10. The number of carbonyl (C=O) groups is 1. The minimum atomic E-state index is -0.194. The molecule has 0 aromatic carbocycles. The van der Waals surface area contributed by atoms with E-state index in [-0.39, 0.29) is 17.4 Å². The van der Waals surface area contributed by atoms with Crippen LogP contribution in [0, 0.1) is 0 Å². The molecule has 1 N–H and O–H groups in total. The molecule has 1 fully saturated rings. The highest BCUT2D eigenvalue weighted by molar-refractivity contribution is 5.81. The molecular formula is C12H17NO2. The van der Waals surface area contributed by atoms with Crippen LogP contribution in [-0.4, -0.2) is 11.4 Å². The summed E-state index contributed by atoms with van der Waals surface area (Å²) >= 11 is 0. The Hall–Kier alpha value is -1.25. The monoisotopic (exact) mass is 207 g/mol. The highest BCUT2D eigenvalue weighted by Gasteiger charge is 2.41. The second kappa shape index (κ2) is 3.40. The zero-order valence-corrected chi connectivity index (χ0v) is 9.46. The molecule has 3 nitrogen and oxygen atoms in total. The fraction of sp³-hybridized carbons (Fsp3) is 0.583. The van der Waals surface area contributed by atoms with Crippen molar-refractivity contribution in [3.63, 3.8) is 0 Å². The fourth-order valence-electron chi connectivity index (χ4n) is 2.17. The van der Waals surface area contributed by atoms with Crippen LogP contribution in [-0.2, 0) is 11.2 Å². The Bertz CT molecular complexity index is 379. The molecule has 3 heteroatoms. The van der Waals surface area contributed by atoms with Gasteiger partial charge < -0.3 is 9.73 Å². The van der Waals surface area contributed by atoms with Crippen molar-refractivity contribution in [3.8, 4) is 0 Å². The number of amides is 1. The molecule has 1 atom stereocenters. The standard InChI is InChI=1S/C12H17NO2/c1-4-8-5-6-10(15-8)9-7-11(14)13-12(9,2)3/h5-6,9H,4,7H2,1-3H3,(H,13,14).